The highest BCUT2D eigenvalue weighted by Gasteiger charge is 2.04. The van der Waals surface area contributed by atoms with Crippen LogP contribution in [0.3, 0.4) is 0 Å². The fourth-order valence-corrected chi connectivity index (χ4v) is 1.08. The van der Waals surface area contributed by atoms with Crippen molar-refractivity contribution in [2.75, 3.05) is 5.73 Å². The summed E-state index contributed by atoms with van der Waals surface area (Å²) >= 11 is 5.61. The Labute approximate surface area is 93.9 Å². The molecule has 0 aliphatic rings. The molecule has 76 valence electrons. The fraction of sp³-hybridized carbons (Fsp3) is 0.143. The van der Waals surface area contributed by atoms with Crippen LogP contribution in [0.25, 0.3) is 0 Å². The molecule has 0 unspecified atom stereocenters. The molecule has 0 atom stereocenters. The molecule has 0 aliphatic heterocycles. The molecule has 0 radical (unpaired) electrons. The van der Waals surface area contributed by atoms with Crippen molar-refractivity contribution >= 4 is 42.1 Å². The second kappa shape index (κ2) is 6.16. The third-order valence-electron chi connectivity index (χ3n) is 1.38. The van der Waals surface area contributed by atoms with Crippen molar-refractivity contribution in [3.63, 3.8) is 0 Å². The van der Waals surface area contributed by atoms with Gasteiger partial charge in [0.15, 0.2) is 0 Å². The van der Waals surface area contributed by atoms with E-state index in [0.29, 0.717) is 11.3 Å². The number of halogens is 3. The zero-order valence-electron chi connectivity index (χ0n) is 6.66. The maximum absolute atomic E-state index is 9.25. The highest BCUT2D eigenvalue weighted by molar-refractivity contribution is 6.32. The van der Waals surface area contributed by atoms with Crippen LogP contribution >= 0.6 is 36.4 Å². The smallest absolute Gasteiger partial charge is 0.138 e. The number of phenolic OH excluding ortho intramolecular Hbond substituents is 1. The molecule has 0 saturated carbocycles. The van der Waals surface area contributed by atoms with E-state index < -0.39 is 0 Å². The van der Waals surface area contributed by atoms with Crippen LogP contribution in [0.4, 0.5) is 5.69 Å². The van der Waals surface area contributed by atoms with Crippen LogP contribution < -0.4 is 11.5 Å². The predicted molar refractivity (Wildman–Crippen MR) is 59.9 cm³/mol. The van der Waals surface area contributed by atoms with Gasteiger partial charge >= 0.3 is 0 Å². The van der Waals surface area contributed by atoms with Gasteiger partial charge in [-0.2, -0.15) is 0 Å². The molecule has 0 amide bonds. The molecule has 1 aromatic rings. The molecule has 0 fully saturated rings. The number of nitrogens with two attached hydrogens (primary N) is 2. The van der Waals surface area contributed by atoms with Gasteiger partial charge < -0.3 is 16.6 Å². The minimum Gasteiger partial charge on any atom is -0.506 e. The van der Waals surface area contributed by atoms with Crippen molar-refractivity contribution in [2.45, 2.75) is 6.54 Å². The van der Waals surface area contributed by atoms with Crippen LogP contribution in [0.1, 0.15) is 5.56 Å². The molecular formula is C7H11Cl3N2O. The van der Waals surface area contributed by atoms with Gasteiger partial charge in [0.1, 0.15) is 5.75 Å². The summed E-state index contributed by atoms with van der Waals surface area (Å²) in [6, 6.07) is 3.08. The summed E-state index contributed by atoms with van der Waals surface area (Å²) in [6.07, 6.45) is 0. The average Bonchev–Trinajstić information content (AvgIpc) is 1.96. The molecule has 0 saturated heterocycles. The fourth-order valence-electron chi connectivity index (χ4n) is 0.835. The Morgan fingerprint density at radius 1 is 1.31 bits per heavy atom. The molecular weight excluding hydrogens is 234 g/mol. The Kier molecular flexibility index (Phi) is 7.17. The molecule has 0 aliphatic carbocycles. The first kappa shape index (κ1) is 15.1. The second-order valence-electron chi connectivity index (χ2n) is 2.21. The van der Waals surface area contributed by atoms with Gasteiger partial charge in [-0.1, -0.05) is 11.6 Å². The topological polar surface area (TPSA) is 72.3 Å². The first-order chi connectivity index (χ1) is 5.15. The van der Waals surface area contributed by atoms with Crippen LogP contribution in [0, 0.1) is 0 Å². The van der Waals surface area contributed by atoms with E-state index >= 15 is 0 Å². The van der Waals surface area contributed by atoms with Gasteiger partial charge in [0.05, 0.1) is 5.02 Å². The molecule has 0 aromatic heterocycles. The Morgan fingerprint density at radius 3 is 2.31 bits per heavy atom. The number of nitrogen functional groups attached to an aromatic ring is 1. The number of rotatable bonds is 1. The largest absolute Gasteiger partial charge is 0.506 e. The van der Waals surface area contributed by atoms with Crippen LogP contribution in [0.15, 0.2) is 12.1 Å². The van der Waals surface area contributed by atoms with Crippen molar-refractivity contribution < 1.29 is 5.11 Å². The monoisotopic (exact) mass is 244 g/mol. The van der Waals surface area contributed by atoms with E-state index in [9.17, 15) is 5.11 Å². The lowest BCUT2D eigenvalue weighted by atomic mass is 10.2. The standard InChI is InChI=1S/C7H9ClN2O.2ClH/c8-6-2-5(10)1-4(3-9)7(6)11;;/h1-2,11H,3,9-10H2;2*1H. The van der Waals surface area contributed by atoms with E-state index in [0.717, 1.165) is 0 Å². The number of benzene rings is 1. The lowest BCUT2D eigenvalue weighted by Gasteiger charge is -2.04. The summed E-state index contributed by atoms with van der Waals surface area (Å²) in [7, 11) is 0. The third-order valence-corrected chi connectivity index (χ3v) is 1.67. The van der Waals surface area contributed by atoms with Crippen molar-refractivity contribution in [3.8, 4) is 5.75 Å². The van der Waals surface area contributed by atoms with Gasteiger partial charge in [-0.25, -0.2) is 0 Å². The Morgan fingerprint density at radius 2 is 1.85 bits per heavy atom. The number of hydrogen-bond acceptors (Lipinski definition) is 3. The maximum atomic E-state index is 9.25. The quantitative estimate of drug-likeness (QED) is 0.523. The number of phenols is 1. The van der Waals surface area contributed by atoms with E-state index in [-0.39, 0.29) is 42.1 Å². The number of anilines is 1. The molecule has 1 rings (SSSR count). The predicted octanol–water partition coefficient (Wildman–Crippen LogP) is 1.93. The Balaban J connectivity index is 0. The van der Waals surface area contributed by atoms with Gasteiger partial charge in [-0.05, 0) is 12.1 Å². The van der Waals surface area contributed by atoms with E-state index in [1.807, 2.05) is 0 Å². The molecule has 13 heavy (non-hydrogen) atoms. The van der Waals surface area contributed by atoms with Crippen LogP contribution in [-0.2, 0) is 6.54 Å². The van der Waals surface area contributed by atoms with Gasteiger partial charge in [-0.15, -0.1) is 24.8 Å². The zero-order chi connectivity index (χ0) is 8.43. The molecule has 0 heterocycles. The van der Waals surface area contributed by atoms with Crippen molar-refractivity contribution in [2.24, 2.45) is 5.73 Å². The SMILES string of the molecule is Cl.Cl.NCc1cc(N)cc(Cl)c1O. The molecule has 3 nitrogen and oxygen atoms in total. The van der Waals surface area contributed by atoms with Crippen LogP contribution in [0.2, 0.25) is 5.02 Å². The maximum Gasteiger partial charge on any atom is 0.138 e. The first-order valence-corrected chi connectivity index (χ1v) is 3.50. The molecule has 0 spiro atoms. The second-order valence-corrected chi connectivity index (χ2v) is 2.62. The van der Waals surface area contributed by atoms with E-state index in [4.69, 9.17) is 23.1 Å². The lowest BCUT2D eigenvalue weighted by Crippen LogP contribution is -1.98. The summed E-state index contributed by atoms with van der Waals surface area (Å²) in [5.74, 6) is 0.0170. The molecule has 1 aromatic carbocycles. The van der Waals surface area contributed by atoms with Gasteiger partial charge in [0, 0.05) is 17.8 Å². The van der Waals surface area contributed by atoms with Crippen molar-refractivity contribution in [1.29, 1.82) is 0 Å². The molecule has 0 bridgehead atoms. The van der Waals surface area contributed by atoms with E-state index in [1.165, 1.54) is 6.07 Å². The summed E-state index contributed by atoms with van der Waals surface area (Å²) in [5, 5.41) is 9.50. The van der Waals surface area contributed by atoms with Crippen molar-refractivity contribution in [1.82, 2.24) is 0 Å². The zero-order valence-corrected chi connectivity index (χ0v) is 9.05. The minimum atomic E-state index is 0. The summed E-state index contributed by atoms with van der Waals surface area (Å²) < 4.78 is 0. The normalized spacial score (nSPS) is 8.46. The Hall–Kier alpha value is -0.350. The highest BCUT2D eigenvalue weighted by Crippen LogP contribution is 2.29. The lowest BCUT2D eigenvalue weighted by molar-refractivity contribution is 0.469. The summed E-state index contributed by atoms with van der Waals surface area (Å²) in [6.45, 7) is 0.233. The van der Waals surface area contributed by atoms with Crippen molar-refractivity contribution in [3.05, 3.63) is 22.7 Å². The third kappa shape index (κ3) is 3.48. The number of hydrogen-bond donors (Lipinski definition) is 3. The first-order valence-electron chi connectivity index (χ1n) is 3.12. The number of aromatic hydroxyl groups is 1. The summed E-state index contributed by atoms with van der Waals surface area (Å²) in [4.78, 5) is 0. The Bertz CT molecular complexity index is 281. The van der Waals surface area contributed by atoms with Crippen LogP contribution in [-0.4, -0.2) is 5.11 Å². The van der Waals surface area contributed by atoms with E-state index in [2.05, 4.69) is 0 Å². The van der Waals surface area contributed by atoms with Gasteiger partial charge in [-0.3, -0.25) is 0 Å². The van der Waals surface area contributed by atoms with Gasteiger partial charge in [0.25, 0.3) is 0 Å². The molecule has 6 heteroatoms. The van der Waals surface area contributed by atoms with Gasteiger partial charge in [0.2, 0.25) is 0 Å². The summed E-state index contributed by atoms with van der Waals surface area (Å²) in [5.41, 5.74) is 11.8. The minimum absolute atomic E-state index is 0. The molecule has 5 N–H and O–H groups in total. The van der Waals surface area contributed by atoms with Crippen LogP contribution in [0.5, 0.6) is 5.75 Å². The highest BCUT2D eigenvalue weighted by atomic mass is 35.5. The van der Waals surface area contributed by atoms with E-state index in [1.54, 1.807) is 6.07 Å². The average molecular weight is 246 g/mol.